The zero-order valence-electron chi connectivity index (χ0n) is 16.1. The average Bonchev–Trinajstić information content (AvgIpc) is 2.65. The molecule has 0 atom stereocenters. The standard InChI is InChI=1S/C20H26N2O4S2/c1-5-8-16-20(22-28(25,26)18(12-6-2)13-7-3)17(4)21-27(23,24)19-14-10-9-11-15-19/h6-7,9-16,21-22H,2,4-5,8H2,1,3H3/b13-7-,18-12+,20-16+. The predicted molar refractivity (Wildman–Crippen MR) is 114 cm³/mol. The van der Waals surface area contributed by atoms with E-state index < -0.39 is 20.0 Å². The lowest BCUT2D eigenvalue weighted by molar-refractivity contribution is 0.586. The Morgan fingerprint density at radius 3 is 2.29 bits per heavy atom. The molecule has 0 amide bonds. The van der Waals surface area contributed by atoms with Gasteiger partial charge >= 0.3 is 0 Å². The Balaban J connectivity index is 3.20. The van der Waals surface area contributed by atoms with E-state index in [0.717, 1.165) is 6.42 Å². The van der Waals surface area contributed by atoms with Crippen LogP contribution >= 0.6 is 0 Å². The highest BCUT2D eigenvalue weighted by molar-refractivity contribution is 7.93. The molecule has 0 saturated carbocycles. The van der Waals surface area contributed by atoms with Crippen LogP contribution in [0.5, 0.6) is 0 Å². The molecular formula is C20H26N2O4S2. The minimum absolute atomic E-state index is 0.00823. The van der Waals surface area contributed by atoms with Gasteiger partial charge in [0.2, 0.25) is 0 Å². The van der Waals surface area contributed by atoms with Crippen molar-refractivity contribution in [2.24, 2.45) is 0 Å². The molecule has 0 aliphatic carbocycles. The maximum Gasteiger partial charge on any atom is 0.261 e. The molecule has 0 bridgehead atoms. The molecule has 28 heavy (non-hydrogen) atoms. The van der Waals surface area contributed by atoms with Gasteiger partial charge in [-0.15, -0.1) is 0 Å². The number of rotatable bonds is 11. The lowest BCUT2D eigenvalue weighted by Gasteiger charge is -2.16. The molecule has 0 aromatic heterocycles. The van der Waals surface area contributed by atoms with E-state index in [-0.39, 0.29) is 21.2 Å². The number of unbranched alkanes of at least 4 members (excludes halogenated alkanes) is 1. The molecule has 0 saturated heterocycles. The number of hydrogen-bond acceptors (Lipinski definition) is 4. The summed E-state index contributed by atoms with van der Waals surface area (Å²) in [5.41, 5.74) is 0.000121. The van der Waals surface area contributed by atoms with Crippen molar-refractivity contribution in [1.29, 1.82) is 0 Å². The van der Waals surface area contributed by atoms with Crippen LogP contribution < -0.4 is 9.44 Å². The van der Waals surface area contributed by atoms with Gasteiger partial charge < -0.3 is 0 Å². The molecule has 0 unspecified atom stereocenters. The van der Waals surface area contributed by atoms with E-state index in [0.29, 0.717) is 6.42 Å². The Morgan fingerprint density at radius 2 is 1.75 bits per heavy atom. The zero-order valence-corrected chi connectivity index (χ0v) is 17.7. The molecule has 0 fully saturated rings. The molecule has 1 aromatic carbocycles. The average molecular weight is 423 g/mol. The lowest BCUT2D eigenvalue weighted by Crippen LogP contribution is -2.31. The zero-order chi connectivity index (χ0) is 21.2. The lowest BCUT2D eigenvalue weighted by atomic mass is 10.2. The first-order valence-electron chi connectivity index (χ1n) is 8.63. The third-order valence-electron chi connectivity index (χ3n) is 3.44. The first-order valence-corrected chi connectivity index (χ1v) is 11.6. The third kappa shape index (κ3) is 6.86. The fourth-order valence-electron chi connectivity index (χ4n) is 2.11. The summed E-state index contributed by atoms with van der Waals surface area (Å²) in [6.07, 6.45) is 8.57. The van der Waals surface area contributed by atoms with E-state index in [9.17, 15) is 16.8 Å². The highest BCUT2D eigenvalue weighted by atomic mass is 32.2. The molecule has 0 radical (unpaired) electrons. The van der Waals surface area contributed by atoms with Crippen LogP contribution in [0.3, 0.4) is 0 Å². The van der Waals surface area contributed by atoms with Gasteiger partial charge in [-0.05, 0) is 37.6 Å². The number of allylic oxidation sites excluding steroid dienone is 5. The van der Waals surface area contributed by atoms with Gasteiger partial charge in [0.1, 0.15) is 0 Å². The number of nitrogens with one attached hydrogen (secondary N) is 2. The van der Waals surface area contributed by atoms with Crippen molar-refractivity contribution in [3.05, 3.63) is 90.2 Å². The van der Waals surface area contributed by atoms with Gasteiger partial charge in [0, 0.05) is 0 Å². The van der Waals surface area contributed by atoms with Gasteiger partial charge in [0.25, 0.3) is 20.0 Å². The Bertz CT molecular complexity index is 988. The Kier molecular flexibility index (Phi) is 8.94. The first-order chi connectivity index (χ1) is 13.2. The van der Waals surface area contributed by atoms with Crippen molar-refractivity contribution in [1.82, 2.24) is 9.44 Å². The highest BCUT2D eigenvalue weighted by Crippen LogP contribution is 2.16. The first kappa shape index (κ1) is 23.5. The summed E-state index contributed by atoms with van der Waals surface area (Å²) >= 11 is 0. The molecule has 0 spiro atoms. The molecule has 1 aromatic rings. The summed E-state index contributed by atoms with van der Waals surface area (Å²) < 4.78 is 55.1. The summed E-state index contributed by atoms with van der Waals surface area (Å²) in [6, 6.07) is 7.76. The monoisotopic (exact) mass is 422 g/mol. The molecule has 8 heteroatoms. The van der Waals surface area contributed by atoms with E-state index in [4.69, 9.17) is 0 Å². The van der Waals surface area contributed by atoms with Crippen LogP contribution in [0.4, 0.5) is 0 Å². The fraction of sp³-hybridized carbons (Fsp3) is 0.200. The van der Waals surface area contributed by atoms with Gasteiger partial charge in [0.05, 0.1) is 21.2 Å². The van der Waals surface area contributed by atoms with Crippen LogP contribution in [0.1, 0.15) is 26.7 Å². The van der Waals surface area contributed by atoms with E-state index in [1.165, 1.54) is 30.4 Å². The van der Waals surface area contributed by atoms with E-state index in [1.807, 2.05) is 6.92 Å². The second-order valence-corrected chi connectivity index (χ2v) is 9.08. The highest BCUT2D eigenvalue weighted by Gasteiger charge is 2.21. The second-order valence-electron chi connectivity index (χ2n) is 5.71. The Labute approximate surface area is 168 Å². The van der Waals surface area contributed by atoms with E-state index in [2.05, 4.69) is 22.6 Å². The molecule has 1 rings (SSSR count). The smallest absolute Gasteiger partial charge is 0.261 e. The van der Waals surface area contributed by atoms with Crippen LogP contribution in [-0.4, -0.2) is 16.8 Å². The van der Waals surface area contributed by atoms with Crippen LogP contribution in [0.15, 0.2) is 95.1 Å². The molecule has 0 aliphatic rings. The maximum absolute atomic E-state index is 12.7. The second kappa shape index (κ2) is 10.7. The summed E-state index contributed by atoms with van der Waals surface area (Å²) in [4.78, 5) is 0.0427. The molecule has 2 N–H and O–H groups in total. The topological polar surface area (TPSA) is 92.3 Å². The Hall–Kier alpha value is -2.58. The number of sulfonamides is 2. The van der Waals surface area contributed by atoms with Crippen molar-refractivity contribution in [3.8, 4) is 0 Å². The predicted octanol–water partition coefficient (Wildman–Crippen LogP) is 3.73. The summed E-state index contributed by atoms with van der Waals surface area (Å²) in [5.74, 6) is 0. The summed E-state index contributed by atoms with van der Waals surface area (Å²) in [5, 5.41) is 0. The van der Waals surface area contributed by atoms with Crippen LogP contribution in [-0.2, 0) is 20.0 Å². The van der Waals surface area contributed by atoms with E-state index >= 15 is 0 Å². The fourth-order valence-corrected chi connectivity index (χ4v) is 4.38. The van der Waals surface area contributed by atoms with Gasteiger partial charge in [-0.1, -0.05) is 62.9 Å². The van der Waals surface area contributed by atoms with Gasteiger partial charge in [-0.2, -0.15) is 0 Å². The Morgan fingerprint density at radius 1 is 1.11 bits per heavy atom. The van der Waals surface area contributed by atoms with Crippen molar-refractivity contribution >= 4 is 20.0 Å². The quantitative estimate of drug-likeness (QED) is 0.532. The number of hydrogen-bond donors (Lipinski definition) is 2. The van der Waals surface area contributed by atoms with Crippen LogP contribution in [0.2, 0.25) is 0 Å². The molecule has 6 nitrogen and oxygen atoms in total. The SMILES string of the molecule is C=C/C=C(\C=C/C)S(=O)(=O)N/C(=C/CCC)C(=C)NS(=O)(=O)c1ccccc1. The van der Waals surface area contributed by atoms with Gasteiger partial charge in [-0.3, -0.25) is 9.44 Å². The number of benzene rings is 1. The molecule has 0 heterocycles. The molecular weight excluding hydrogens is 396 g/mol. The van der Waals surface area contributed by atoms with Crippen molar-refractivity contribution in [2.75, 3.05) is 0 Å². The molecule has 152 valence electrons. The third-order valence-corrected chi connectivity index (χ3v) is 6.23. The maximum atomic E-state index is 12.7. The van der Waals surface area contributed by atoms with Crippen LogP contribution in [0.25, 0.3) is 0 Å². The van der Waals surface area contributed by atoms with Crippen molar-refractivity contribution in [2.45, 2.75) is 31.6 Å². The normalized spacial score (nSPS) is 13.4. The van der Waals surface area contributed by atoms with Crippen LogP contribution in [0, 0.1) is 0 Å². The summed E-state index contributed by atoms with van der Waals surface area (Å²) in [7, 11) is -7.85. The van der Waals surface area contributed by atoms with Gasteiger partial charge in [-0.25, -0.2) is 16.8 Å². The largest absolute Gasteiger partial charge is 0.278 e. The van der Waals surface area contributed by atoms with Crippen molar-refractivity contribution in [3.63, 3.8) is 0 Å². The van der Waals surface area contributed by atoms with Crippen molar-refractivity contribution < 1.29 is 16.8 Å². The summed E-state index contributed by atoms with van der Waals surface area (Å²) in [6.45, 7) is 10.8. The molecule has 0 aliphatic heterocycles. The van der Waals surface area contributed by atoms with Gasteiger partial charge in [0.15, 0.2) is 0 Å². The minimum atomic E-state index is -3.95. The minimum Gasteiger partial charge on any atom is -0.278 e. The van der Waals surface area contributed by atoms with E-state index in [1.54, 1.807) is 37.3 Å².